The van der Waals surface area contributed by atoms with Gasteiger partial charge in [0.15, 0.2) is 0 Å². The van der Waals surface area contributed by atoms with Gasteiger partial charge < -0.3 is 0 Å². The Hall–Kier alpha value is -1.11. The van der Waals surface area contributed by atoms with E-state index < -0.39 is 0 Å². The molecule has 1 fully saturated rings. The van der Waals surface area contributed by atoms with E-state index in [1.165, 1.54) is 49.7 Å². The van der Waals surface area contributed by atoms with Crippen LogP contribution in [0.1, 0.15) is 82.3 Å². The highest BCUT2D eigenvalue weighted by molar-refractivity contribution is 5.86. The lowest BCUT2D eigenvalue weighted by Crippen LogP contribution is -2.23. The molecule has 1 aromatic carbocycles. The van der Waals surface area contributed by atoms with E-state index in [-0.39, 0.29) is 5.92 Å². The fraction of sp³-hybridized carbons (Fsp3) is 0.650. The van der Waals surface area contributed by atoms with Gasteiger partial charge in [-0.3, -0.25) is 4.79 Å². The molecule has 0 aliphatic heterocycles. The van der Waals surface area contributed by atoms with E-state index in [0.717, 1.165) is 19.3 Å². The topological polar surface area (TPSA) is 17.1 Å². The van der Waals surface area contributed by atoms with E-state index in [9.17, 15) is 4.79 Å². The van der Waals surface area contributed by atoms with Crippen LogP contribution in [0, 0.1) is 5.92 Å². The Balaban J connectivity index is 1.91. The first-order chi connectivity index (χ1) is 10.2. The first-order valence-electron chi connectivity index (χ1n) is 8.86. The number of hydrogen-bond acceptors (Lipinski definition) is 1. The summed E-state index contributed by atoms with van der Waals surface area (Å²) in [6.07, 6.45) is 10.5. The van der Waals surface area contributed by atoms with Crippen LogP contribution < -0.4 is 0 Å². The number of unbranched alkanes of at least 4 members (excludes halogenated alkanes) is 2. The van der Waals surface area contributed by atoms with Crippen LogP contribution in [0.4, 0.5) is 0 Å². The number of Topliss-reactive ketones (excluding diaryl/α,β-unsaturated/α-hetero) is 1. The summed E-state index contributed by atoms with van der Waals surface area (Å²) in [6.45, 7) is 4.46. The summed E-state index contributed by atoms with van der Waals surface area (Å²) < 4.78 is 0. The molecule has 1 nitrogen and oxygen atoms in total. The Morgan fingerprint density at radius 1 is 1.00 bits per heavy atom. The summed E-state index contributed by atoms with van der Waals surface area (Å²) in [4.78, 5) is 12.4. The van der Waals surface area contributed by atoms with Gasteiger partial charge >= 0.3 is 0 Å². The normalized spacial score (nSPS) is 22.5. The van der Waals surface area contributed by atoms with Gasteiger partial charge in [-0.25, -0.2) is 0 Å². The third-order valence-corrected chi connectivity index (χ3v) is 4.91. The molecule has 2 unspecified atom stereocenters. The molecule has 21 heavy (non-hydrogen) atoms. The molecule has 1 aliphatic carbocycles. The van der Waals surface area contributed by atoms with E-state index in [1.54, 1.807) is 0 Å². The molecular weight excluding hydrogens is 256 g/mol. The van der Waals surface area contributed by atoms with E-state index in [2.05, 4.69) is 38.1 Å². The molecule has 1 aromatic rings. The zero-order valence-corrected chi connectivity index (χ0v) is 13.7. The smallest absolute Gasteiger partial charge is 0.140 e. The average Bonchev–Trinajstić information content (AvgIpc) is 2.52. The van der Waals surface area contributed by atoms with Gasteiger partial charge in [0, 0.05) is 12.3 Å². The molecule has 1 saturated carbocycles. The third kappa shape index (κ3) is 4.69. The average molecular weight is 286 g/mol. The van der Waals surface area contributed by atoms with Crippen LogP contribution in [0.3, 0.4) is 0 Å². The third-order valence-electron chi connectivity index (χ3n) is 4.91. The predicted octanol–water partition coefficient (Wildman–Crippen LogP) is 5.67. The highest BCUT2D eigenvalue weighted by atomic mass is 16.1. The maximum Gasteiger partial charge on any atom is 0.140 e. The number of carbonyl (C=O) groups is 1. The second-order valence-corrected chi connectivity index (χ2v) is 6.65. The Morgan fingerprint density at radius 3 is 2.33 bits per heavy atom. The molecule has 2 rings (SSSR count). The number of hydrogen-bond donors (Lipinski definition) is 0. The summed E-state index contributed by atoms with van der Waals surface area (Å²) >= 11 is 0. The highest BCUT2D eigenvalue weighted by Gasteiger charge is 2.29. The van der Waals surface area contributed by atoms with Crippen LogP contribution in [-0.2, 0) is 11.2 Å². The standard InChI is InChI=1S/C20H30O/c1-3-5-7-16-9-12-18(13-10-16)19-14-11-17(8-6-4-2)15-20(19)21/h9-10,12-13,17,19H,3-8,11,14-15H2,1-2H3. The molecule has 0 aromatic heterocycles. The minimum absolute atomic E-state index is 0.170. The molecule has 0 amide bonds. The van der Waals surface area contributed by atoms with Crippen molar-refractivity contribution in [2.75, 3.05) is 0 Å². The Morgan fingerprint density at radius 2 is 1.71 bits per heavy atom. The molecule has 1 heteroatoms. The van der Waals surface area contributed by atoms with Crippen molar-refractivity contribution in [2.24, 2.45) is 5.92 Å². The van der Waals surface area contributed by atoms with Gasteiger partial charge in [0.2, 0.25) is 0 Å². The van der Waals surface area contributed by atoms with Crippen molar-refractivity contribution in [3.63, 3.8) is 0 Å². The summed E-state index contributed by atoms with van der Waals surface area (Å²) in [7, 11) is 0. The quantitative estimate of drug-likeness (QED) is 0.631. The van der Waals surface area contributed by atoms with E-state index >= 15 is 0 Å². The van der Waals surface area contributed by atoms with Crippen molar-refractivity contribution in [3.8, 4) is 0 Å². The van der Waals surface area contributed by atoms with Crippen LogP contribution in [-0.4, -0.2) is 5.78 Å². The fourth-order valence-electron chi connectivity index (χ4n) is 3.48. The second kappa shape index (κ2) is 8.36. The molecule has 0 saturated heterocycles. The zero-order chi connectivity index (χ0) is 15.1. The van der Waals surface area contributed by atoms with Crippen LogP contribution in [0.25, 0.3) is 0 Å². The van der Waals surface area contributed by atoms with Gasteiger partial charge in [0.05, 0.1) is 0 Å². The summed E-state index contributed by atoms with van der Waals surface area (Å²) in [5.41, 5.74) is 2.65. The molecule has 0 N–H and O–H groups in total. The molecule has 0 heterocycles. The summed E-state index contributed by atoms with van der Waals surface area (Å²) in [6, 6.07) is 8.84. The second-order valence-electron chi connectivity index (χ2n) is 6.65. The number of ketones is 1. The maximum atomic E-state index is 12.4. The number of carbonyl (C=O) groups excluding carboxylic acids is 1. The van der Waals surface area contributed by atoms with Crippen molar-refractivity contribution >= 4 is 5.78 Å². The van der Waals surface area contributed by atoms with E-state index in [1.807, 2.05) is 0 Å². The lowest BCUT2D eigenvalue weighted by atomic mass is 9.76. The van der Waals surface area contributed by atoms with Gasteiger partial charge in [0.1, 0.15) is 5.78 Å². The lowest BCUT2D eigenvalue weighted by Gasteiger charge is -2.27. The van der Waals surface area contributed by atoms with Crippen molar-refractivity contribution in [2.45, 2.75) is 77.6 Å². The number of aryl methyl sites for hydroxylation is 1. The Kier molecular flexibility index (Phi) is 6.48. The van der Waals surface area contributed by atoms with Crippen LogP contribution in [0.5, 0.6) is 0 Å². The molecule has 2 atom stereocenters. The van der Waals surface area contributed by atoms with Gasteiger partial charge in [0.25, 0.3) is 0 Å². The monoisotopic (exact) mass is 286 g/mol. The Labute approximate surface area is 130 Å². The van der Waals surface area contributed by atoms with Crippen molar-refractivity contribution in [3.05, 3.63) is 35.4 Å². The van der Waals surface area contributed by atoms with Gasteiger partial charge in [-0.2, -0.15) is 0 Å². The molecule has 0 spiro atoms. The minimum atomic E-state index is 0.170. The molecular formula is C20H30O. The zero-order valence-electron chi connectivity index (χ0n) is 13.7. The molecule has 0 radical (unpaired) electrons. The number of rotatable bonds is 7. The van der Waals surface area contributed by atoms with Crippen molar-refractivity contribution in [1.82, 2.24) is 0 Å². The summed E-state index contributed by atoms with van der Waals surface area (Å²) in [5.74, 6) is 1.30. The molecule has 116 valence electrons. The summed E-state index contributed by atoms with van der Waals surface area (Å²) in [5, 5.41) is 0. The first kappa shape index (κ1) is 16.3. The van der Waals surface area contributed by atoms with E-state index in [0.29, 0.717) is 11.7 Å². The van der Waals surface area contributed by atoms with Crippen molar-refractivity contribution in [1.29, 1.82) is 0 Å². The molecule has 0 bridgehead atoms. The highest BCUT2D eigenvalue weighted by Crippen LogP contribution is 2.35. The maximum absolute atomic E-state index is 12.4. The van der Waals surface area contributed by atoms with Crippen LogP contribution in [0.2, 0.25) is 0 Å². The van der Waals surface area contributed by atoms with Gasteiger partial charge in [-0.1, -0.05) is 63.8 Å². The minimum Gasteiger partial charge on any atom is -0.299 e. The predicted molar refractivity (Wildman–Crippen MR) is 89.7 cm³/mol. The number of benzene rings is 1. The van der Waals surface area contributed by atoms with Crippen LogP contribution >= 0.6 is 0 Å². The first-order valence-corrected chi connectivity index (χ1v) is 8.86. The van der Waals surface area contributed by atoms with Crippen LogP contribution in [0.15, 0.2) is 24.3 Å². The lowest BCUT2D eigenvalue weighted by molar-refractivity contribution is -0.123. The SMILES string of the molecule is CCCCc1ccc(C2CCC(CCCC)CC2=O)cc1. The largest absolute Gasteiger partial charge is 0.299 e. The van der Waals surface area contributed by atoms with Gasteiger partial charge in [-0.05, 0) is 42.7 Å². The molecule has 1 aliphatic rings. The van der Waals surface area contributed by atoms with E-state index in [4.69, 9.17) is 0 Å². The Bertz CT molecular complexity index is 432. The fourth-order valence-corrected chi connectivity index (χ4v) is 3.48. The van der Waals surface area contributed by atoms with Gasteiger partial charge in [-0.15, -0.1) is 0 Å². The van der Waals surface area contributed by atoms with Crippen molar-refractivity contribution < 1.29 is 4.79 Å².